The molecule has 0 aromatic heterocycles. The van der Waals surface area contributed by atoms with Crippen molar-refractivity contribution in [1.29, 1.82) is 5.26 Å². The molecule has 2 aromatic rings. The van der Waals surface area contributed by atoms with E-state index in [1.165, 1.54) is 18.2 Å². The predicted octanol–water partition coefficient (Wildman–Crippen LogP) is 4.35. The third-order valence-electron chi connectivity index (χ3n) is 2.71. The van der Waals surface area contributed by atoms with Crippen molar-refractivity contribution in [3.05, 3.63) is 67.7 Å². The first-order valence-corrected chi connectivity index (χ1v) is 6.52. The van der Waals surface area contributed by atoms with Crippen molar-refractivity contribution in [2.75, 3.05) is 0 Å². The van der Waals surface area contributed by atoms with Crippen LogP contribution in [-0.2, 0) is 6.61 Å². The molecular formula is C14H8Cl2N2O3. The first-order chi connectivity index (χ1) is 10.0. The number of nitriles is 1. The highest BCUT2D eigenvalue weighted by Gasteiger charge is 2.16. The second kappa shape index (κ2) is 6.44. The summed E-state index contributed by atoms with van der Waals surface area (Å²) in [6, 6.07) is 11.0. The zero-order valence-electron chi connectivity index (χ0n) is 10.5. The fourth-order valence-corrected chi connectivity index (χ4v) is 2.09. The summed E-state index contributed by atoms with van der Waals surface area (Å²) in [7, 11) is 0. The zero-order chi connectivity index (χ0) is 15.4. The van der Waals surface area contributed by atoms with E-state index in [9.17, 15) is 10.1 Å². The molecule has 5 nitrogen and oxygen atoms in total. The number of ether oxygens (including phenoxy) is 1. The molecule has 7 heteroatoms. The van der Waals surface area contributed by atoms with Crippen molar-refractivity contribution in [3.63, 3.8) is 0 Å². The third-order valence-corrected chi connectivity index (χ3v) is 3.26. The lowest BCUT2D eigenvalue weighted by molar-refractivity contribution is -0.385. The number of benzene rings is 2. The van der Waals surface area contributed by atoms with E-state index in [-0.39, 0.29) is 33.7 Å². The van der Waals surface area contributed by atoms with Gasteiger partial charge >= 0.3 is 0 Å². The molecule has 0 saturated heterocycles. The minimum atomic E-state index is -0.534. The number of nitrogens with zero attached hydrogens (tertiary/aromatic N) is 2. The fourth-order valence-electron chi connectivity index (χ4n) is 1.72. The number of hydrogen-bond donors (Lipinski definition) is 0. The van der Waals surface area contributed by atoms with Crippen LogP contribution in [0.4, 0.5) is 5.69 Å². The van der Waals surface area contributed by atoms with Gasteiger partial charge in [0.15, 0.2) is 0 Å². The van der Waals surface area contributed by atoms with Crippen LogP contribution in [0.3, 0.4) is 0 Å². The number of nitro benzene ring substituents is 1. The van der Waals surface area contributed by atoms with Crippen LogP contribution < -0.4 is 4.74 Å². The maximum absolute atomic E-state index is 11.0. The van der Waals surface area contributed by atoms with Gasteiger partial charge in [-0.15, -0.1) is 0 Å². The summed E-state index contributed by atoms with van der Waals surface area (Å²) in [5.41, 5.74) is 0.409. The second-order valence-electron chi connectivity index (χ2n) is 4.04. The third kappa shape index (κ3) is 3.43. The van der Waals surface area contributed by atoms with Gasteiger partial charge in [0.25, 0.3) is 5.69 Å². The number of halogens is 2. The molecular weight excluding hydrogens is 315 g/mol. The molecule has 2 aromatic carbocycles. The van der Waals surface area contributed by atoms with Crippen LogP contribution in [-0.4, -0.2) is 4.92 Å². The van der Waals surface area contributed by atoms with Crippen molar-refractivity contribution in [2.24, 2.45) is 0 Å². The van der Waals surface area contributed by atoms with Crippen LogP contribution in [0.25, 0.3) is 0 Å². The van der Waals surface area contributed by atoms with E-state index in [0.29, 0.717) is 5.56 Å². The second-order valence-corrected chi connectivity index (χ2v) is 4.89. The summed E-state index contributed by atoms with van der Waals surface area (Å²) < 4.78 is 5.47. The summed E-state index contributed by atoms with van der Waals surface area (Å²) in [5.74, 6) is 0.272. The molecule has 0 radical (unpaired) electrons. The Morgan fingerprint density at radius 2 is 2.05 bits per heavy atom. The van der Waals surface area contributed by atoms with Crippen LogP contribution in [0, 0.1) is 21.4 Å². The number of hydrogen-bond acceptors (Lipinski definition) is 4. The lowest BCUT2D eigenvalue weighted by atomic mass is 10.2. The molecule has 0 amide bonds. The van der Waals surface area contributed by atoms with Gasteiger partial charge in [-0.3, -0.25) is 10.1 Å². The van der Waals surface area contributed by atoms with Crippen molar-refractivity contribution < 1.29 is 9.66 Å². The molecule has 0 saturated carbocycles. The maximum Gasteiger partial charge on any atom is 0.277 e. The molecule has 0 bridgehead atoms. The first kappa shape index (κ1) is 15.1. The monoisotopic (exact) mass is 322 g/mol. The van der Waals surface area contributed by atoms with Crippen LogP contribution in [0.2, 0.25) is 10.0 Å². The standard InChI is InChI=1S/C14H8Cl2N2O3/c15-10-5-4-9(13(6-10)18(19)20)8-21-14-3-1-2-12(16)11(14)7-17/h1-6H,8H2. The van der Waals surface area contributed by atoms with E-state index < -0.39 is 4.92 Å². The highest BCUT2D eigenvalue weighted by atomic mass is 35.5. The average molecular weight is 323 g/mol. The van der Waals surface area contributed by atoms with E-state index in [0.717, 1.165) is 0 Å². The van der Waals surface area contributed by atoms with Gasteiger partial charge in [-0.2, -0.15) is 5.26 Å². The highest BCUT2D eigenvalue weighted by molar-refractivity contribution is 6.32. The molecule has 2 rings (SSSR count). The predicted molar refractivity (Wildman–Crippen MR) is 78.6 cm³/mol. The van der Waals surface area contributed by atoms with E-state index in [4.69, 9.17) is 33.2 Å². The lowest BCUT2D eigenvalue weighted by Crippen LogP contribution is -2.01. The molecule has 0 atom stereocenters. The summed E-state index contributed by atoms with van der Waals surface area (Å²) in [6.45, 7) is -0.0670. The topological polar surface area (TPSA) is 76.2 Å². The lowest BCUT2D eigenvalue weighted by Gasteiger charge is -2.09. The van der Waals surface area contributed by atoms with Crippen LogP contribution in [0.5, 0.6) is 5.75 Å². The van der Waals surface area contributed by atoms with Gasteiger partial charge in [0.2, 0.25) is 0 Å². The van der Waals surface area contributed by atoms with E-state index in [2.05, 4.69) is 0 Å². The van der Waals surface area contributed by atoms with E-state index in [1.807, 2.05) is 6.07 Å². The van der Waals surface area contributed by atoms with E-state index >= 15 is 0 Å². The van der Waals surface area contributed by atoms with Crippen molar-refractivity contribution in [2.45, 2.75) is 6.61 Å². The fraction of sp³-hybridized carbons (Fsp3) is 0.0714. The van der Waals surface area contributed by atoms with Crippen LogP contribution in [0.1, 0.15) is 11.1 Å². The molecule has 0 heterocycles. The molecule has 106 valence electrons. The summed E-state index contributed by atoms with van der Waals surface area (Å²) in [5, 5.41) is 20.5. The Kier molecular flexibility index (Phi) is 4.63. The largest absolute Gasteiger partial charge is 0.487 e. The van der Waals surface area contributed by atoms with E-state index in [1.54, 1.807) is 18.2 Å². The normalized spacial score (nSPS) is 9.95. The summed E-state index contributed by atoms with van der Waals surface area (Å²) in [4.78, 5) is 10.4. The molecule has 0 fully saturated rings. The van der Waals surface area contributed by atoms with Gasteiger partial charge in [-0.05, 0) is 24.3 Å². The van der Waals surface area contributed by atoms with Crippen LogP contribution in [0.15, 0.2) is 36.4 Å². The summed E-state index contributed by atoms with van der Waals surface area (Å²) in [6.07, 6.45) is 0. The van der Waals surface area contributed by atoms with Crippen molar-refractivity contribution in [1.82, 2.24) is 0 Å². The van der Waals surface area contributed by atoms with Gasteiger partial charge in [-0.25, -0.2) is 0 Å². The Morgan fingerprint density at radius 3 is 2.71 bits per heavy atom. The van der Waals surface area contributed by atoms with Crippen LogP contribution >= 0.6 is 23.2 Å². The Hall–Kier alpha value is -2.29. The Morgan fingerprint density at radius 1 is 1.29 bits per heavy atom. The average Bonchev–Trinajstić information content (AvgIpc) is 2.45. The van der Waals surface area contributed by atoms with Crippen molar-refractivity contribution >= 4 is 28.9 Å². The SMILES string of the molecule is N#Cc1c(Cl)cccc1OCc1ccc(Cl)cc1[N+](=O)[O-]. The quantitative estimate of drug-likeness (QED) is 0.619. The minimum Gasteiger partial charge on any atom is -0.487 e. The molecule has 0 aliphatic carbocycles. The molecule has 0 N–H and O–H groups in total. The number of rotatable bonds is 4. The maximum atomic E-state index is 11.0. The summed E-state index contributed by atoms with van der Waals surface area (Å²) >= 11 is 11.6. The Labute approximate surface area is 130 Å². The van der Waals surface area contributed by atoms with Gasteiger partial charge < -0.3 is 4.74 Å². The van der Waals surface area contributed by atoms with Crippen molar-refractivity contribution in [3.8, 4) is 11.8 Å². The smallest absolute Gasteiger partial charge is 0.277 e. The Bertz CT molecular complexity index is 741. The highest BCUT2D eigenvalue weighted by Crippen LogP contribution is 2.28. The molecule has 0 aliphatic heterocycles. The molecule has 21 heavy (non-hydrogen) atoms. The number of nitro groups is 1. The van der Waals surface area contributed by atoms with Gasteiger partial charge in [-0.1, -0.05) is 29.3 Å². The minimum absolute atomic E-state index is 0.0670. The Balaban J connectivity index is 2.28. The van der Waals surface area contributed by atoms with Gasteiger partial charge in [0, 0.05) is 11.1 Å². The zero-order valence-corrected chi connectivity index (χ0v) is 12.1. The molecule has 0 spiro atoms. The molecule has 0 unspecified atom stereocenters. The molecule has 0 aliphatic rings. The van der Waals surface area contributed by atoms with Gasteiger partial charge in [0.05, 0.1) is 15.5 Å². The van der Waals surface area contributed by atoms with Gasteiger partial charge in [0.1, 0.15) is 24.0 Å². The first-order valence-electron chi connectivity index (χ1n) is 5.77.